The molecule has 2 N–H and O–H groups in total. The third-order valence-corrected chi connectivity index (χ3v) is 4.72. The van der Waals surface area contributed by atoms with Crippen molar-refractivity contribution in [2.75, 3.05) is 38.2 Å². The molecule has 10 nitrogen and oxygen atoms in total. The van der Waals surface area contributed by atoms with Crippen molar-refractivity contribution >= 4 is 11.9 Å². The van der Waals surface area contributed by atoms with E-state index in [0.29, 0.717) is 12.5 Å². The fourth-order valence-electron chi connectivity index (χ4n) is 3.08. The van der Waals surface area contributed by atoms with E-state index < -0.39 is 0 Å². The monoisotopic (exact) mass is 393 g/mol. The zero-order chi connectivity index (χ0) is 20.1. The number of anilines is 1. The molecule has 0 radical (unpaired) electrons. The number of hydrogen-bond acceptors (Lipinski definition) is 7. The van der Waals surface area contributed by atoms with Crippen molar-refractivity contribution in [1.29, 1.82) is 0 Å². The lowest BCUT2D eigenvalue weighted by Gasteiger charge is -2.35. The molecular formula is C19H23N9O. The summed E-state index contributed by atoms with van der Waals surface area (Å²) < 4.78 is 6.88. The van der Waals surface area contributed by atoms with Gasteiger partial charge >= 0.3 is 0 Å². The molecule has 0 bridgehead atoms. The number of ether oxygens (including phenoxy) is 1. The van der Waals surface area contributed by atoms with Crippen LogP contribution in [0, 0.1) is 0 Å². The van der Waals surface area contributed by atoms with Crippen LogP contribution in [0.5, 0.6) is 5.75 Å². The van der Waals surface area contributed by atoms with E-state index in [9.17, 15) is 0 Å². The molecular weight excluding hydrogens is 370 g/mol. The van der Waals surface area contributed by atoms with E-state index in [1.807, 2.05) is 36.5 Å². The molecule has 3 heterocycles. The first-order valence-electron chi connectivity index (χ1n) is 9.35. The molecule has 0 saturated carbocycles. The second kappa shape index (κ2) is 8.55. The molecule has 2 aromatic heterocycles. The number of guanidine groups is 1. The Balaban J connectivity index is 1.33. The van der Waals surface area contributed by atoms with Gasteiger partial charge in [-0.25, -0.2) is 19.6 Å². The smallest absolute Gasteiger partial charge is 0.225 e. The highest BCUT2D eigenvalue weighted by Crippen LogP contribution is 2.14. The largest absolute Gasteiger partial charge is 0.497 e. The normalized spacial score (nSPS) is 14.9. The predicted octanol–water partition coefficient (Wildman–Crippen LogP) is 0.703. The Morgan fingerprint density at radius 3 is 2.52 bits per heavy atom. The maximum absolute atomic E-state index is 6.19. The standard InChI is InChI=1S/C19H23N9O/c1-29-17-5-3-16(4-6-17)28-14-15(24-25-28)13-23-18(20)26-9-11-27(12-10-26)19-21-7-2-8-22-19/h2-8,14H,9-13H2,1H3,(H2,20,23). The van der Waals surface area contributed by atoms with E-state index >= 15 is 0 Å². The number of aliphatic imine (C=N–C) groups is 1. The summed E-state index contributed by atoms with van der Waals surface area (Å²) in [5.74, 6) is 2.06. The highest BCUT2D eigenvalue weighted by atomic mass is 16.5. The van der Waals surface area contributed by atoms with Crippen molar-refractivity contribution in [1.82, 2.24) is 29.9 Å². The van der Waals surface area contributed by atoms with Gasteiger partial charge in [0.15, 0.2) is 5.96 Å². The zero-order valence-electron chi connectivity index (χ0n) is 16.2. The van der Waals surface area contributed by atoms with Gasteiger partial charge in [-0.15, -0.1) is 5.10 Å². The molecule has 1 fully saturated rings. The SMILES string of the molecule is COc1ccc(-n2cc(CN=C(N)N3CCN(c4ncccn4)CC3)nn2)cc1. The summed E-state index contributed by atoms with van der Waals surface area (Å²) in [6, 6.07) is 9.42. The number of methoxy groups -OCH3 is 1. The Bertz CT molecular complexity index is 947. The Labute approximate surface area is 168 Å². The molecule has 0 aliphatic carbocycles. The third kappa shape index (κ3) is 4.42. The lowest BCUT2D eigenvalue weighted by Crippen LogP contribution is -2.51. The molecule has 4 rings (SSSR count). The van der Waals surface area contributed by atoms with Crippen molar-refractivity contribution in [3.05, 3.63) is 54.6 Å². The minimum Gasteiger partial charge on any atom is -0.497 e. The van der Waals surface area contributed by atoms with Crippen LogP contribution < -0.4 is 15.4 Å². The Kier molecular flexibility index (Phi) is 5.50. The maximum atomic E-state index is 6.19. The number of nitrogens with two attached hydrogens (primary N) is 1. The molecule has 29 heavy (non-hydrogen) atoms. The van der Waals surface area contributed by atoms with E-state index in [4.69, 9.17) is 10.5 Å². The van der Waals surface area contributed by atoms with Gasteiger partial charge < -0.3 is 20.3 Å². The summed E-state index contributed by atoms with van der Waals surface area (Å²) in [7, 11) is 1.64. The van der Waals surface area contributed by atoms with E-state index in [0.717, 1.165) is 49.3 Å². The first kappa shape index (κ1) is 18.7. The van der Waals surface area contributed by atoms with Crippen molar-refractivity contribution in [3.63, 3.8) is 0 Å². The van der Waals surface area contributed by atoms with Crippen molar-refractivity contribution < 1.29 is 4.74 Å². The van der Waals surface area contributed by atoms with Crippen LogP contribution in [0.4, 0.5) is 5.95 Å². The maximum Gasteiger partial charge on any atom is 0.225 e. The van der Waals surface area contributed by atoms with Gasteiger partial charge in [-0.1, -0.05) is 5.21 Å². The minimum absolute atomic E-state index is 0.379. The van der Waals surface area contributed by atoms with Crippen LogP contribution in [0.15, 0.2) is 53.9 Å². The summed E-state index contributed by atoms with van der Waals surface area (Å²) in [5, 5.41) is 8.34. The second-order valence-electron chi connectivity index (χ2n) is 6.55. The fraction of sp³-hybridized carbons (Fsp3) is 0.316. The first-order chi connectivity index (χ1) is 14.2. The van der Waals surface area contributed by atoms with E-state index in [1.165, 1.54) is 0 Å². The Hall–Kier alpha value is -3.69. The van der Waals surface area contributed by atoms with Gasteiger partial charge in [0.05, 0.1) is 25.5 Å². The van der Waals surface area contributed by atoms with Gasteiger partial charge in [-0.2, -0.15) is 0 Å². The molecule has 1 aliphatic rings. The molecule has 0 unspecified atom stereocenters. The van der Waals surface area contributed by atoms with Crippen LogP contribution in [0.25, 0.3) is 5.69 Å². The summed E-state index contributed by atoms with van der Waals surface area (Å²) in [6.45, 7) is 3.52. The van der Waals surface area contributed by atoms with Crippen LogP contribution in [0.2, 0.25) is 0 Å². The van der Waals surface area contributed by atoms with E-state index in [-0.39, 0.29) is 0 Å². The molecule has 1 aliphatic heterocycles. The lowest BCUT2D eigenvalue weighted by atomic mass is 10.3. The van der Waals surface area contributed by atoms with Gasteiger partial charge in [-0.05, 0) is 30.3 Å². The van der Waals surface area contributed by atoms with Gasteiger partial charge in [0.25, 0.3) is 0 Å². The molecule has 0 atom stereocenters. The van der Waals surface area contributed by atoms with Crippen LogP contribution in [0.3, 0.4) is 0 Å². The van der Waals surface area contributed by atoms with Gasteiger partial charge in [0, 0.05) is 38.6 Å². The van der Waals surface area contributed by atoms with Crippen molar-refractivity contribution in [3.8, 4) is 11.4 Å². The van der Waals surface area contributed by atoms with Gasteiger partial charge in [0.2, 0.25) is 5.95 Å². The summed E-state index contributed by atoms with van der Waals surface area (Å²) >= 11 is 0. The summed E-state index contributed by atoms with van der Waals surface area (Å²) in [5.41, 5.74) is 7.84. The summed E-state index contributed by atoms with van der Waals surface area (Å²) in [6.07, 6.45) is 5.36. The van der Waals surface area contributed by atoms with Crippen molar-refractivity contribution in [2.24, 2.45) is 10.7 Å². The highest BCUT2D eigenvalue weighted by Gasteiger charge is 2.19. The quantitative estimate of drug-likeness (QED) is 0.498. The fourth-order valence-corrected chi connectivity index (χ4v) is 3.08. The number of piperazine rings is 1. The minimum atomic E-state index is 0.379. The average Bonchev–Trinajstić information content (AvgIpc) is 3.27. The summed E-state index contributed by atoms with van der Waals surface area (Å²) in [4.78, 5) is 17.3. The lowest BCUT2D eigenvalue weighted by molar-refractivity contribution is 0.378. The van der Waals surface area contributed by atoms with E-state index in [1.54, 1.807) is 24.2 Å². The second-order valence-corrected chi connectivity index (χ2v) is 6.55. The number of nitrogens with zero attached hydrogens (tertiary/aromatic N) is 8. The molecule has 0 spiro atoms. The molecule has 1 saturated heterocycles. The molecule has 10 heteroatoms. The van der Waals surface area contributed by atoms with Crippen LogP contribution in [0.1, 0.15) is 5.69 Å². The number of benzene rings is 1. The van der Waals surface area contributed by atoms with E-state index in [2.05, 4.69) is 35.1 Å². The van der Waals surface area contributed by atoms with Gasteiger partial charge in [0.1, 0.15) is 11.4 Å². The topological polar surface area (TPSA) is 111 Å². The van der Waals surface area contributed by atoms with Crippen LogP contribution >= 0.6 is 0 Å². The molecule has 150 valence electrons. The average molecular weight is 393 g/mol. The highest BCUT2D eigenvalue weighted by molar-refractivity contribution is 5.78. The molecule has 1 aromatic carbocycles. The van der Waals surface area contributed by atoms with Crippen LogP contribution in [-0.4, -0.2) is 69.1 Å². The first-order valence-corrected chi connectivity index (χ1v) is 9.35. The number of rotatable bonds is 5. The number of hydrogen-bond donors (Lipinski definition) is 1. The predicted molar refractivity (Wildman–Crippen MR) is 109 cm³/mol. The zero-order valence-corrected chi connectivity index (χ0v) is 16.2. The third-order valence-electron chi connectivity index (χ3n) is 4.72. The van der Waals surface area contributed by atoms with Gasteiger partial charge in [-0.3, -0.25) is 0 Å². The van der Waals surface area contributed by atoms with Crippen LogP contribution in [-0.2, 0) is 6.54 Å². The molecule has 3 aromatic rings. The Morgan fingerprint density at radius 2 is 1.83 bits per heavy atom. The Morgan fingerprint density at radius 1 is 1.10 bits per heavy atom. The molecule has 0 amide bonds. The number of aromatic nitrogens is 5. The van der Waals surface area contributed by atoms with Crippen molar-refractivity contribution in [2.45, 2.75) is 6.54 Å².